The molecule has 0 saturated carbocycles. The molecule has 0 atom stereocenters. The molecule has 0 bridgehead atoms. The number of rotatable bonds is 7. The molecule has 1 fully saturated rings. The molecule has 2 aromatic rings. The zero-order valence-electron chi connectivity index (χ0n) is 16.4. The molecule has 1 N–H and O–H groups in total. The Labute approximate surface area is 167 Å². The van der Waals surface area contributed by atoms with E-state index in [4.69, 9.17) is 0 Å². The van der Waals surface area contributed by atoms with E-state index >= 15 is 0 Å². The van der Waals surface area contributed by atoms with Crippen LogP contribution in [0.15, 0.2) is 53.4 Å². The summed E-state index contributed by atoms with van der Waals surface area (Å²) in [4.78, 5) is 4.76. The van der Waals surface area contributed by atoms with Crippen molar-refractivity contribution >= 4 is 15.7 Å². The van der Waals surface area contributed by atoms with Crippen molar-refractivity contribution in [2.75, 3.05) is 44.2 Å². The van der Waals surface area contributed by atoms with E-state index in [2.05, 4.69) is 28.4 Å². The molecular weight excluding hydrogens is 377 g/mol. The summed E-state index contributed by atoms with van der Waals surface area (Å²) >= 11 is 0. The van der Waals surface area contributed by atoms with Crippen LogP contribution in [0.25, 0.3) is 0 Å². The quantitative estimate of drug-likeness (QED) is 0.769. The molecular formula is C21H28FN3O2S. The Balaban J connectivity index is 1.45. The van der Waals surface area contributed by atoms with Gasteiger partial charge in [-0.25, -0.2) is 17.5 Å². The molecule has 0 aromatic heterocycles. The molecule has 3 rings (SSSR count). The van der Waals surface area contributed by atoms with Gasteiger partial charge in [-0.3, -0.25) is 4.90 Å². The van der Waals surface area contributed by atoms with E-state index in [-0.39, 0.29) is 5.82 Å². The Bertz CT molecular complexity index is 860. The lowest BCUT2D eigenvalue weighted by Gasteiger charge is -2.36. The van der Waals surface area contributed by atoms with E-state index in [0.29, 0.717) is 23.9 Å². The highest BCUT2D eigenvalue weighted by Gasteiger charge is 2.19. The molecule has 152 valence electrons. The number of halogens is 1. The van der Waals surface area contributed by atoms with E-state index in [1.165, 1.54) is 12.1 Å². The first kappa shape index (κ1) is 20.8. The standard InChI is InChI=1S/C21H28FN3O2S/c1-17(2)18-3-9-21(10-4-18)28(26,27)23-11-12-24-13-15-25(16-14-24)20-7-5-19(22)6-8-20/h3-10,17,23H,11-16H2,1-2H3. The number of sulfonamides is 1. The molecule has 0 unspecified atom stereocenters. The SMILES string of the molecule is CC(C)c1ccc(S(=O)(=O)NCCN2CCN(c3ccc(F)cc3)CC2)cc1. The number of hydrogen-bond acceptors (Lipinski definition) is 4. The van der Waals surface area contributed by atoms with Gasteiger partial charge in [-0.2, -0.15) is 0 Å². The first-order valence-electron chi connectivity index (χ1n) is 9.67. The molecule has 1 aliphatic rings. The van der Waals surface area contributed by atoms with Crippen molar-refractivity contribution in [3.63, 3.8) is 0 Å². The third kappa shape index (κ3) is 5.31. The minimum Gasteiger partial charge on any atom is -0.369 e. The zero-order chi connectivity index (χ0) is 20.1. The molecule has 2 aromatic carbocycles. The van der Waals surface area contributed by atoms with Crippen LogP contribution in [0.5, 0.6) is 0 Å². The van der Waals surface area contributed by atoms with Crippen LogP contribution < -0.4 is 9.62 Å². The molecule has 0 amide bonds. The number of nitrogens with one attached hydrogen (secondary N) is 1. The Morgan fingerprint density at radius 2 is 1.57 bits per heavy atom. The van der Waals surface area contributed by atoms with Gasteiger partial charge in [-0.15, -0.1) is 0 Å². The Kier molecular flexibility index (Phi) is 6.69. The van der Waals surface area contributed by atoms with Crippen LogP contribution in [-0.2, 0) is 10.0 Å². The first-order valence-corrected chi connectivity index (χ1v) is 11.2. The van der Waals surface area contributed by atoms with E-state index in [0.717, 1.165) is 37.4 Å². The van der Waals surface area contributed by atoms with Gasteiger partial charge < -0.3 is 4.90 Å². The van der Waals surface area contributed by atoms with Crippen molar-refractivity contribution in [2.45, 2.75) is 24.7 Å². The molecule has 5 nitrogen and oxygen atoms in total. The predicted molar refractivity (Wildman–Crippen MR) is 111 cm³/mol. The average molecular weight is 406 g/mol. The molecule has 0 radical (unpaired) electrons. The Hall–Kier alpha value is -1.96. The summed E-state index contributed by atoms with van der Waals surface area (Å²) in [6, 6.07) is 13.6. The van der Waals surface area contributed by atoms with Crippen LogP contribution >= 0.6 is 0 Å². The first-order chi connectivity index (χ1) is 13.3. The molecule has 1 aliphatic heterocycles. The van der Waals surface area contributed by atoms with Gasteiger partial charge in [-0.1, -0.05) is 26.0 Å². The Morgan fingerprint density at radius 3 is 2.14 bits per heavy atom. The number of benzene rings is 2. The van der Waals surface area contributed by atoms with E-state index in [1.54, 1.807) is 24.3 Å². The highest BCUT2D eigenvalue weighted by atomic mass is 32.2. The van der Waals surface area contributed by atoms with Crippen molar-refractivity contribution in [3.05, 3.63) is 59.9 Å². The number of anilines is 1. The predicted octanol–water partition coefficient (Wildman–Crippen LogP) is 3.05. The van der Waals surface area contributed by atoms with Gasteiger partial charge in [0.05, 0.1) is 4.90 Å². The van der Waals surface area contributed by atoms with Gasteiger partial charge in [0.25, 0.3) is 0 Å². The molecule has 28 heavy (non-hydrogen) atoms. The summed E-state index contributed by atoms with van der Waals surface area (Å²) in [7, 11) is -3.48. The molecule has 0 spiro atoms. The van der Waals surface area contributed by atoms with Gasteiger partial charge in [0.15, 0.2) is 0 Å². The largest absolute Gasteiger partial charge is 0.369 e. The van der Waals surface area contributed by atoms with Crippen molar-refractivity contribution in [3.8, 4) is 0 Å². The minimum absolute atomic E-state index is 0.228. The van der Waals surface area contributed by atoms with Gasteiger partial charge in [-0.05, 0) is 47.9 Å². The van der Waals surface area contributed by atoms with Crippen molar-refractivity contribution < 1.29 is 12.8 Å². The second-order valence-electron chi connectivity index (χ2n) is 7.43. The molecule has 0 aliphatic carbocycles. The summed E-state index contributed by atoms with van der Waals surface area (Å²) in [5, 5.41) is 0. The summed E-state index contributed by atoms with van der Waals surface area (Å²) in [5.74, 6) is 0.145. The third-order valence-electron chi connectivity index (χ3n) is 5.14. The van der Waals surface area contributed by atoms with Gasteiger partial charge in [0, 0.05) is 45.0 Å². The van der Waals surface area contributed by atoms with Crippen LogP contribution in [0.2, 0.25) is 0 Å². The van der Waals surface area contributed by atoms with Crippen LogP contribution in [0.4, 0.5) is 10.1 Å². The fourth-order valence-electron chi connectivity index (χ4n) is 3.33. The maximum Gasteiger partial charge on any atom is 0.240 e. The number of piperazine rings is 1. The molecule has 1 saturated heterocycles. The fourth-order valence-corrected chi connectivity index (χ4v) is 4.36. The van der Waals surface area contributed by atoms with E-state index in [1.807, 2.05) is 12.1 Å². The van der Waals surface area contributed by atoms with Gasteiger partial charge in [0.2, 0.25) is 10.0 Å². The van der Waals surface area contributed by atoms with Gasteiger partial charge >= 0.3 is 0 Å². The monoisotopic (exact) mass is 405 g/mol. The zero-order valence-corrected chi connectivity index (χ0v) is 17.3. The maximum absolute atomic E-state index is 13.0. The van der Waals surface area contributed by atoms with Gasteiger partial charge in [0.1, 0.15) is 5.82 Å². The number of hydrogen-bond donors (Lipinski definition) is 1. The van der Waals surface area contributed by atoms with Crippen LogP contribution in [0.3, 0.4) is 0 Å². The van der Waals surface area contributed by atoms with E-state index in [9.17, 15) is 12.8 Å². The lowest BCUT2D eigenvalue weighted by molar-refractivity contribution is 0.262. The lowest BCUT2D eigenvalue weighted by atomic mass is 10.0. The molecule has 1 heterocycles. The third-order valence-corrected chi connectivity index (χ3v) is 6.62. The highest BCUT2D eigenvalue weighted by molar-refractivity contribution is 7.89. The lowest BCUT2D eigenvalue weighted by Crippen LogP contribution is -2.48. The summed E-state index contributed by atoms with van der Waals surface area (Å²) in [6.45, 7) is 8.59. The van der Waals surface area contributed by atoms with Crippen molar-refractivity contribution in [2.24, 2.45) is 0 Å². The van der Waals surface area contributed by atoms with Crippen LogP contribution in [0, 0.1) is 5.82 Å². The van der Waals surface area contributed by atoms with Crippen LogP contribution in [-0.4, -0.2) is 52.6 Å². The van der Waals surface area contributed by atoms with Crippen molar-refractivity contribution in [1.82, 2.24) is 9.62 Å². The van der Waals surface area contributed by atoms with Crippen molar-refractivity contribution in [1.29, 1.82) is 0 Å². The minimum atomic E-state index is -3.48. The Morgan fingerprint density at radius 1 is 0.964 bits per heavy atom. The van der Waals surface area contributed by atoms with E-state index < -0.39 is 10.0 Å². The maximum atomic E-state index is 13.0. The summed E-state index contributed by atoms with van der Waals surface area (Å²) in [6.07, 6.45) is 0. The van der Waals surface area contributed by atoms with Crippen LogP contribution in [0.1, 0.15) is 25.3 Å². The smallest absolute Gasteiger partial charge is 0.240 e. The highest BCUT2D eigenvalue weighted by Crippen LogP contribution is 2.18. The molecule has 7 heteroatoms. The topological polar surface area (TPSA) is 52.7 Å². The summed E-state index contributed by atoms with van der Waals surface area (Å²) < 4.78 is 40.6. The normalized spacial score (nSPS) is 15.9. The summed E-state index contributed by atoms with van der Waals surface area (Å²) in [5.41, 5.74) is 2.14. The average Bonchev–Trinajstić information content (AvgIpc) is 2.69. The fraction of sp³-hybridized carbons (Fsp3) is 0.429. The second kappa shape index (κ2) is 9.03. The number of nitrogens with zero attached hydrogens (tertiary/aromatic N) is 2. The second-order valence-corrected chi connectivity index (χ2v) is 9.19.